The maximum atomic E-state index is 13.1. The van der Waals surface area contributed by atoms with Crippen LogP contribution in [0.5, 0.6) is 0 Å². The van der Waals surface area contributed by atoms with Crippen molar-refractivity contribution in [1.29, 1.82) is 0 Å². The number of halogens is 1. The van der Waals surface area contributed by atoms with E-state index in [1.807, 2.05) is 31.2 Å². The van der Waals surface area contributed by atoms with E-state index in [0.717, 1.165) is 11.1 Å². The van der Waals surface area contributed by atoms with Gasteiger partial charge in [0, 0.05) is 6.54 Å². The number of hydrogen-bond acceptors (Lipinski definition) is 2. The Morgan fingerprint density at radius 1 is 1.24 bits per heavy atom. The van der Waals surface area contributed by atoms with Crippen molar-refractivity contribution in [3.05, 3.63) is 71.0 Å². The standard InChI is InChI=1S/C17H18FNO2/c1-12-4-2-5-13(8-12)11-19-17(21)10-16(20)14-6-3-7-15(18)9-14/h2-9,16,20H,10-11H2,1H3,(H,19,21). The first-order valence-corrected chi connectivity index (χ1v) is 6.80. The summed E-state index contributed by atoms with van der Waals surface area (Å²) in [4.78, 5) is 11.8. The van der Waals surface area contributed by atoms with Crippen LogP contribution in [-0.4, -0.2) is 11.0 Å². The highest BCUT2D eigenvalue weighted by atomic mass is 19.1. The fraction of sp³-hybridized carbons (Fsp3) is 0.235. The summed E-state index contributed by atoms with van der Waals surface area (Å²) >= 11 is 0. The van der Waals surface area contributed by atoms with Gasteiger partial charge in [-0.3, -0.25) is 4.79 Å². The number of aliphatic hydroxyl groups excluding tert-OH is 1. The first kappa shape index (κ1) is 15.2. The molecule has 2 N–H and O–H groups in total. The molecule has 0 saturated heterocycles. The normalized spacial score (nSPS) is 12.0. The Kier molecular flexibility index (Phi) is 5.06. The van der Waals surface area contributed by atoms with E-state index >= 15 is 0 Å². The molecular formula is C17H18FNO2. The van der Waals surface area contributed by atoms with Crippen LogP contribution in [0.1, 0.15) is 29.2 Å². The third-order valence-electron chi connectivity index (χ3n) is 3.18. The van der Waals surface area contributed by atoms with Crippen molar-refractivity contribution in [2.45, 2.75) is 26.0 Å². The minimum Gasteiger partial charge on any atom is -0.388 e. The molecule has 0 spiro atoms. The Bertz CT molecular complexity index is 628. The zero-order chi connectivity index (χ0) is 15.2. The predicted molar refractivity (Wildman–Crippen MR) is 79.0 cm³/mol. The second kappa shape index (κ2) is 6.99. The van der Waals surface area contributed by atoms with E-state index < -0.39 is 11.9 Å². The lowest BCUT2D eigenvalue weighted by Crippen LogP contribution is -2.24. The molecule has 1 unspecified atom stereocenters. The summed E-state index contributed by atoms with van der Waals surface area (Å²) in [6, 6.07) is 13.5. The minimum absolute atomic E-state index is 0.0880. The van der Waals surface area contributed by atoms with Crippen molar-refractivity contribution < 1.29 is 14.3 Å². The van der Waals surface area contributed by atoms with Crippen molar-refractivity contribution in [1.82, 2.24) is 5.32 Å². The molecule has 0 aliphatic heterocycles. The van der Waals surface area contributed by atoms with Gasteiger partial charge in [-0.25, -0.2) is 4.39 Å². The van der Waals surface area contributed by atoms with E-state index in [1.165, 1.54) is 18.2 Å². The third kappa shape index (κ3) is 4.68. The molecule has 0 heterocycles. The molecule has 2 aromatic rings. The monoisotopic (exact) mass is 287 g/mol. The quantitative estimate of drug-likeness (QED) is 0.888. The minimum atomic E-state index is -1.00. The smallest absolute Gasteiger partial charge is 0.223 e. The van der Waals surface area contributed by atoms with Crippen LogP contribution in [0.4, 0.5) is 4.39 Å². The average Bonchev–Trinajstić information content (AvgIpc) is 2.45. The van der Waals surface area contributed by atoms with Gasteiger partial charge in [-0.05, 0) is 30.2 Å². The summed E-state index contributed by atoms with van der Waals surface area (Å²) in [7, 11) is 0. The van der Waals surface area contributed by atoms with Crippen molar-refractivity contribution in [2.24, 2.45) is 0 Å². The molecule has 4 heteroatoms. The van der Waals surface area contributed by atoms with Gasteiger partial charge in [-0.15, -0.1) is 0 Å². The van der Waals surface area contributed by atoms with Crippen molar-refractivity contribution in [3.8, 4) is 0 Å². The Balaban J connectivity index is 1.87. The van der Waals surface area contributed by atoms with Gasteiger partial charge >= 0.3 is 0 Å². The van der Waals surface area contributed by atoms with Gasteiger partial charge in [0.25, 0.3) is 0 Å². The molecule has 110 valence electrons. The van der Waals surface area contributed by atoms with Crippen LogP contribution < -0.4 is 5.32 Å². The van der Waals surface area contributed by atoms with Gasteiger partial charge in [0.1, 0.15) is 5.82 Å². The number of hydrogen-bond donors (Lipinski definition) is 2. The molecule has 1 amide bonds. The van der Waals surface area contributed by atoms with E-state index in [1.54, 1.807) is 6.07 Å². The summed E-state index contributed by atoms with van der Waals surface area (Å²) in [6.45, 7) is 2.40. The SMILES string of the molecule is Cc1cccc(CNC(=O)CC(O)c2cccc(F)c2)c1. The Morgan fingerprint density at radius 3 is 2.71 bits per heavy atom. The number of nitrogens with one attached hydrogen (secondary N) is 1. The van der Waals surface area contributed by atoms with E-state index in [2.05, 4.69) is 5.32 Å². The molecule has 0 aliphatic carbocycles. The number of carbonyl (C=O) groups excluding carboxylic acids is 1. The Labute approximate surface area is 123 Å². The lowest BCUT2D eigenvalue weighted by molar-refractivity contribution is -0.123. The van der Waals surface area contributed by atoms with Gasteiger partial charge in [0.15, 0.2) is 0 Å². The number of aryl methyl sites for hydroxylation is 1. The van der Waals surface area contributed by atoms with E-state index in [-0.39, 0.29) is 12.3 Å². The van der Waals surface area contributed by atoms with Gasteiger partial charge in [0.05, 0.1) is 12.5 Å². The molecule has 0 aliphatic rings. The number of rotatable bonds is 5. The second-order valence-corrected chi connectivity index (χ2v) is 5.04. The molecule has 2 aromatic carbocycles. The fourth-order valence-corrected chi connectivity index (χ4v) is 2.10. The number of amides is 1. The van der Waals surface area contributed by atoms with Crippen molar-refractivity contribution >= 4 is 5.91 Å². The van der Waals surface area contributed by atoms with Crippen LogP contribution >= 0.6 is 0 Å². The van der Waals surface area contributed by atoms with Crippen LogP contribution in [0, 0.1) is 12.7 Å². The highest BCUT2D eigenvalue weighted by Gasteiger charge is 2.13. The van der Waals surface area contributed by atoms with Gasteiger partial charge in [-0.1, -0.05) is 42.0 Å². The maximum absolute atomic E-state index is 13.1. The molecule has 0 fully saturated rings. The largest absolute Gasteiger partial charge is 0.388 e. The van der Waals surface area contributed by atoms with Gasteiger partial charge in [0.2, 0.25) is 5.91 Å². The highest BCUT2D eigenvalue weighted by Crippen LogP contribution is 2.17. The van der Waals surface area contributed by atoms with Crippen LogP contribution in [0.25, 0.3) is 0 Å². The van der Waals surface area contributed by atoms with Crippen LogP contribution in [0.15, 0.2) is 48.5 Å². The maximum Gasteiger partial charge on any atom is 0.223 e. The van der Waals surface area contributed by atoms with Crippen molar-refractivity contribution in [2.75, 3.05) is 0 Å². The summed E-state index contributed by atoms with van der Waals surface area (Å²) in [5, 5.41) is 12.7. The van der Waals surface area contributed by atoms with Gasteiger partial charge < -0.3 is 10.4 Å². The predicted octanol–water partition coefficient (Wildman–Crippen LogP) is 2.87. The average molecular weight is 287 g/mol. The van der Waals surface area contributed by atoms with E-state index in [0.29, 0.717) is 12.1 Å². The molecule has 0 radical (unpaired) electrons. The topological polar surface area (TPSA) is 49.3 Å². The summed E-state index contributed by atoms with van der Waals surface area (Å²) in [6.07, 6.45) is -1.09. The molecule has 3 nitrogen and oxygen atoms in total. The van der Waals surface area contributed by atoms with Crippen LogP contribution in [-0.2, 0) is 11.3 Å². The zero-order valence-electron chi connectivity index (χ0n) is 11.8. The number of benzene rings is 2. The molecule has 0 aromatic heterocycles. The van der Waals surface area contributed by atoms with Crippen LogP contribution in [0.2, 0.25) is 0 Å². The number of carbonyl (C=O) groups is 1. The lowest BCUT2D eigenvalue weighted by Gasteiger charge is -2.11. The second-order valence-electron chi connectivity index (χ2n) is 5.04. The number of aliphatic hydroxyl groups is 1. The van der Waals surface area contributed by atoms with Crippen LogP contribution in [0.3, 0.4) is 0 Å². The first-order chi connectivity index (χ1) is 10.0. The zero-order valence-corrected chi connectivity index (χ0v) is 11.8. The van der Waals surface area contributed by atoms with E-state index in [4.69, 9.17) is 0 Å². The van der Waals surface area contributed by atoms with Crippen molar-refractivity contribution in [3.63, 3.8) is 0 Å². The summed E-state index contributed by atoms with van der Waals surface area (Å²) in [5.41, 5.74) is 2.53. The molecule has 1 atom stereocenters. The Hall–Kier alpha value is -2.20. The summed E-state index contributed by atoms with van der Waals surface area (Å²) < 4.78 is 13.1. The molecular weight excluding hydrogens is 269 g/mol. The van der Waals surface area contributed by atoms with Gasteiger partial charge in [-0.2, -0.15) is 0 Å². The Morgan fingerprint density at radius 2 is 2.00 bits per heavy atom. The summed E-state index contributed by atoms with van der Waals surface area (Å²) in [5.74, 6) is -0.694. The highest BCUT2D eigenvalue weighted by molar-refractivity contribution is 5.76. The fourth-order valence-electron chi connectivity index (χ4n) is 2.10. The third-order valence-corrected chi connectivity index (χ3v) is 3.18. The molecule has 0 saturated carbocycles. The first-order valence-electron chi connectivity index (χ1n) is 6.80. The molecule has 0 bridgehead atoms. The lowest BCUT2D eigenvalue weighted by atomic mass is 10.1. The van der Waals surface area contributed by atoms with E-state index in [9.17, 15) is 14.3 Å². The molecule has 2 rings (SSSR count). The molecule has 21 heavy (non-hydrogen) atoms.